The Bertz CT molecular complexity index is 798. The molecule has 0 N–H and O–H groups in total. The predicted molar refractivity (Wildman–Crippen MR) is 110 cm³/mol. The van der Waals surface area contributed by atoms with Crippen molar-refractivity contribution in [2.45, 2.75) is 59.3 Å². The van der Waals surface area contributed by atoms with Crippen LogP contribution in [-0.2, 0) is 15.6 Å². The molecule has 0 saturated carbocycles. The Hall–Kier alpha value is -2.35. The first-order valence-electron chi connectivity index (χ1n) is 9.08. The Kier molecular flexibility index (Phi) is 5.75. The van der Waals surface area contributed by atoms with Crippen LogP contribution in [0.1, 0.15) is 63.8 Å². The minimum atomic E-state index is -0.361. The molecule has 0 aliphatic carbocycles. The molecule has 0 radical (unpaired) electrons. The molecule has 2 nitrogen and oxygen atoms in total. The van der Waals surface area contributed by atoms with Crippen molar-refractivity contribution in [3.05, 3.63) is 70.8 Å². The fourth-order valence-corrected chi connectivity index (χ4v) is 2.66. The number of hydrogen-bond acceptors (Lipinski definition) is 2. The molecular weight excluding hydrogens is 320 g/mol. The number of rotatable bonds is 3. The van der Waals surface area contributed by atoms with Gasteiger partial charge < -0.3 is 4.74 Å². The quantitative estimate of drug-likeness (QED) is 0.374. The molecule has 0 aliphatic heterocycles. The Morgan fingerprint density at radius 1 is 0.885 bits per heavy atom. The van der Waals surface area contributed by atoms with Crippen LogP contribution in [0, 0.1) is 6.92 Å². The van der Waals surface area contributed by atoms with Crippen molar-refractivity contribution >= 4 is 12.0 Å². The lowest BCUT2D eigenvalue weighted by molar-refractivity contribution is -0.128. The van der Waals surface area contributed by atoms with Gasteiger partial charge in [0.1, 0.15) is 5.75 Å². The average molecular weight is 351 g/mol. The van der Waals surface area contributed by atoms with E-state index in [-0.39, 0.29) is 16.8 Å². The van der Waals surface area contributed by atoms with E-state index in [1.54, 1.807) is 6.08 Å². The highest BCUT2D eigenvalue weighted by Gasteiger charge is 2.23. The van der Waals surface area contributed by atoms with Gasteiger partial charge in [0.05, 0.1) is 0 Å². The van der Waals surface area contributed by atoms with E-state index in [4.69, 9.17) is 4.74 Å². The molecule has 0 amide bonds. The van der Waals surface area contributed by atoms with E-state index in [2.05, 4.69) is 47.6 Å². The molecule has 2 rings (SSSR count). The van der Waals surface area contributed by atoms with Crippen LogP contribution in [0.3, 0.4) is 0 Å². The first-order valence-corrected chi connectivity index (χ1v) is 9.08. The summed E-state index contributed by atoms with van der Waals surface area (Å²) in [6, 6.07) is 14.1. The Morgan fingerprint density at radius 3 is 2.04 bits per heavy atom. The van der Waals surface area contributed by atoms with Gasteiger partial charge in [0, 0.05) is 11.6 Å². The zero-order valence-corrected chi connectivity index (χ0v) is 17.0. The monoisotopic (exact) mass is 350 g/mol. The second kappa shape index (κ2) is 7.49. The van der Waals surface area contributed by atoms with Crippen molar-refractivity contribution < 1.29 is 9.53 Å². The first kappa shape index (κ1) is 20.0. The van der Waals surface area contributed by atoms with E-state index in [0.29, 0.717) is 5.75 Å². The zero-order chi connectivity index (χ0) is 19.5. The van der Waals surface area contributed by atoms with Crippen molar-refractivity contribution in [1.82, 2.24) is 0 Å². The molecule has 0 unspecified atom stereocenters. The highest BCUT2D eigenvalue weighted by atomic mass is 16.5. The summed E-state index contributed by atoms with van der Waals surface area (Å²) in [6.07, 6.45) is 3.26. The first-order chi connectivity index (χ1) is 12.0. The smallest absolute Gasteiger partial charge is 0.336 e. The molecule has 2 aromatic rings. The second-order valence-corrected chi connectivity index (χ2v) is 8.88. The Balaban J connectivity index is 2.25. The van der Waals surface area contributed by atoms with Crippen LogP contribution >= 0.6 is 0 Å². The van der Waals surface area contributed by atoms with Crippen LogP contribution in [-0.4, -0.2) is 5.97 Å². The molecule has 2 aromatic carbocycles. The third-order valence-electron chi connectivity index (χ3n) is 4.35. The van der Waals surface area contributed by atoms with Gasteiger partial charge in [-0.25, -0.2) is 4.79 Å². The summed E-state index contributed by atoms with van der Waals surface area (Å²) in [5, 5.41) is 0. The summed E-state index contributed by atoms with van der Waals surface area (Å²) in [7, 11) is 0. The van der Waals surface area contributed by atoms with E-state index in [1.165, 1.54) is 17.2 Å². The molecular formula is C24H30O2. The lowest BCUT2D eigenvalue weighted by Crippen LogP contribution is -2.18. The molecule has 0 heterocycles. The Morgan fingerprint density at radius 2 is 1.50 bits per heavy atom. The van der Waals surface area contributed by atoms with Crippen molar-refractivity contribution in [2.75, 3.05) is 0 Å². The number of carbonyl (C=O) groups is 1. The molecule has 0 fully saturated rings. The molecule has 0 saturated heterocycles. The third kappa shape index (κ3) is 5.32. The van der Waals surface area contributed by atoms with Crippen LogP contribution < -0.4 is 4.74 Å². The number of esters is 1. The van der Waals surface area contributed by atoms with E-state index >= 15 is 0 Å². The maximum absolute atomic E-state index is 12.3. The van der Waals surface area contributed by atoms with E-state index in [9.17, 15) is 4.79 Å². The van der Waals surface area contributed by atoms with Gasteiger partial charge in [0.15, 0.2) is 0 Å². The van der Waals surface area contributed by atoms with Gasteiger partial charge in [0.2, 0.25) is 0 Å². The van der Waals surface area contributed by atoms with Crippen molar-refractivity contribution in [1.29, 1.82) is 0 Å². The van der Waals surface area contributed by atoms with Gasteiger partial charge in [-0.1, -0.05) is 83.5 Å². The molecule has 138 valence electrons. The van der Waals surface area contributed by atoms with Gasteiger partial charge >= 0.3 is 5.97 Å². The molecule has 0 atom stereocenters. The zero-order valence-electron chi connectivity index (χ0n) is 17.0. The van der Waals surface area contributed by atoms with Gasteiger partial charge in [-0.05, 0) is 41.0 Å². The molecule has 0 bridgehead atoms. The van der Waals surface area contributed by atoms with Gasteiger partial charge in [-0.15, -0.1) is 0 Å². The summed E-state index contributed by atoms with van der Waals surface area (Å²) in [4.78, 5) is 12.3. The third-order valence-corrected chi connectivity index (χ3v) is 4.35. The molecule has 26 heavy (non-hydrogen) atoms. The van der Waals surface area contributed by atoms with Gasteiger partial charge in [-0.2, -0.15) is 0 Å². The molecule has 2 heteroatoms. The fourth-order valence-electron chi connectivity index (χ4n) is 2.66. The largest absolute Gasteiger partial charge is 0.423 e. The average Bonchev–Trinajstić information content (AvgIpc) is 2.52. The van der Waals surface area contributed by atoms with Gasteiger partial charge in [0.25, 0.3) is 0 Å². The number of hydrogen-bond donors (Lipinski definition) is 0. The van der Waals surface area contributed by atoms with Gasteiger partial charge in [-0.3, -0.25) is 0 Å². The topological polar surface area (TPSA) is 26.3 Å². The highest BCUT2D eigenvalue weighted by Crippen LogP contribution is 2.35. The minimum absolute atomic E-state index is 0.0495. The second-order valence-electron chi connectivity index (χ2n) is 8.88. The number of aryl methyl sites for hydroxylation is 1. The highest BCUT2D eigenvalue weighted by molar-refractivity contribution is 5.89. The summed E-state index contributed by atoms with van der Waals surface area (Å²) in [5.41, 5.74) is 4.38. The SMILES string of the molecule is Cc1ccc(/C=C\C(=O)Oc2ccc(C(C)(C)C)cc2C(C)(C)C)cc1. The molecule has 0 aliphatic rings. The van der Waals surface area contributed by atoms with Crippen LogP contribution in [0.4, 0.5) is 0 Å². The van der Waals surface area contributed by atoms with Crippen molar-refractivity contribution in [2.24, 2.45) is 0 Å². The van der Waals surface area contributed by atoms with Crippen LogP contribution in [0.25, 0.3) is 6.08 Å². The minimum Gasteiger partial charge on any atom is -0.423 e. The lowest BCUT2D eigenvalue weighted by Gasteiger charge is -2.26. The normalized spacial score (nSPS) is 12.4. The van der Waals surface area contributed by atoms with Crippen molar-refractivity contribution in [3.63, 3.8) is 0 Å². The summed E-state index contributed by atoms with van der Waals surface area (Å²) in [6.45, 7) is 15.0. The standard InChI is InChI=1S/C24H30O2/c1-17-8-10-18(11-9-17)12-15-22(25)26-21-14-13-19(23(2,3)4)16-20(21)24(5,6)7/h8-16H,1-7H3/b15-12-. The molecule has 0 aromatic heterocycles. The van der Waals surface area contributed by atoms with E-state index in [0.717, 1.165) is 11.1 Å². The van der Waals surface area contributed by atoms with Crippen LogP contribution in [0.2, 0.25) is 0 Å². The summed E-state index contributed by atoms with van der Waals surface area (Å²) >= 11 is 0. The van der Waals surface area contributed by atoms with Crippen LogP contribution in [0.15, 0.2) is 48.5 Å². The van der Waals surface area contributed by atoms with Crippen LogP contribution in [0.5, 0.6) is 5.75 Å². The maximum atomic E-state index is 12.3. The summed E-state index contributed by atoms with van der Waals surface area (Å²) in [5.74, 6) is 0.267. The van der Waals surface area contributed by atoms with Crippen molar-refractivity contribution in [3.8, 4) is 5.75 Å². The van der Waals surface area contributed by atoms with E-state index in [1.807, 2.05) is 43.3 Å². The Labute approximate surface area is 157 Å². The van der Waals surface area contributed by atoms with E-state index < -0.39 is 0 Å². The number of carbonyl (C=O) groups excluding carboxylic acids is 1. The fraction of sp³-hybridized carbons (Fsp3) is 0.375. The molecule has 0 spiro atoms. The predicted octanol–water partition coefficient (Wildman–Crippen LogP) is 6.21. The maximum Gasteiger partial charge on any atom is 0.336 e. The summed E-state index contributed by atoms with van der Waals surface area (Å²) < 4.78 is 5.66. The number of benzene rings is 2. The number of ether oxygens (including phenoxy) is 1. The lowest BCUT2D eigenvalue weighted by atomic mass is 9.80.